The molecule has 5 nitrogen and oxygen atoms in total. The van der Waals surface area contributed by atoms with E-state index in [0.29, 0.717) is 16.6 Å². The summed E-state index contributed by atoms with van der Waals surface area (Å²) in [6.07, 6.45) is 0. The van der Waals surface area contributed by atoms with Crippen molar-refractivity contribution in [3.63, 3.8) is 0 Å². The molecule has 2 aromatic heterocycles. The van der Waals surface area contributed by atoms with Crippen molar-refractivity contribution in [2.45, 2.75) is 10.9 Å². The number of hydrogen-bond donors (Lipinski definition) is 1. The lowest BCUT2D eigenvalue weighted by Gasteiger charge is -2.00. The van der Waals surface area contributed by atoms with Crippen LogP contribution in [0.1, 0.15) is 5.56 Å². The summed E-state index contributed by atoms with van der Waals surface area (Å²) >= 11 is 1.46. The molecule has 0 spiro atoms. The molecule has 0 amide bonds. The van der Waals surface area contributed by atoms with Gasteiger partial charge in [-0.2, -0.15) is 0 Å². The number of aromatic amines is 1. The predicted molar refractivity (Wildman–Crippen MR) is 91.7 cm³/mol. The molecule has 120 valence electrons. The smallest absolute Gasteiger partial charge is 0.211 e. The maximum absolute atomic E-state index is 12.9. The highest BCUT2D eigenvalue weighted by Crippen LogP contribution is 2.27. The number of halogens is 1. The highest BCUT2D eigenvalue weighted by Gasteiger charge is 2.10. The van der Waals surface area contributed by atoms with Crippen molar-refractivity contribution in [1.82, 2.24) is 20.2 Å². The first-order valence-electron chi connectivity index (χ1n) is 7.30. The fourth-order valence-corrected chi connectivity index (χ4v) is 3.19. The number of ether oxygens (including phenoxy) is 1. The molecule has 0 bridgehead atoms. The quantitative estimate of drug-likeness (QED) is 0.570. The van der Waals surface area contributed by atoms with E-state index in [9.17, 15) is 4.39 Å². The lowest BCUT2D eigenvalue weighted by atomic mass is 10.2. The lowest BCUT2D eigenvalue weighted by molar-refractivity contribution is 0.415. The number of nitrogens with one attached hydrogen (secondary N) is 1. The molecular formula is C17H13FN4OS. The molecule has 2 heterocycles. The summed E-state index contributed by atoms with van der Waals surface area (Å²) < 4.78 is 18.2. The van der Waals surface area contributed by atoms with Crippen LogP contribution in [0.25, 0.3) is 22.1 Å². The second kappa shape index (κ2) is 6.09. The summed E-state index contributed by atoms with van der Waals surface area (Å²) in [6, 6.07) is 12.1. The van der Waals surface area contributed by atoms with Crippen molar-refractivity contribution in [2.75, 3.05) is 7.11 Å². The molecule has 0 saturated carbocycles. The van der Waals surface area contributed by atoms with Crippen molar-refractivity contribution in [1.29, 1.82) is 0 Å². The number of rotatable bonds is 4. The maximum Gasteiger partial charge on any atom is 0.211 e. The third kappa shape index (κ3) is 2.78. The Hall–Kier alpha value is -2.67. The Morgan fingerprint density at radius 2 is 1.96 bits per heavy atom. The molecule has 7 heteroatoms. The third-order valence-corrected chi connectivity index (χ3v) is 4.59. The molecule has 2 aromatic carbocycles. The van der Waals surface area contributed by atoms with Gasteiger partial charge in [0.05, 0.1) is 7.11 Å². The van der Waals surface area contributed by atoms with Gasteiger partial charge >= 0.3 is 0 Å². The molecule has 4 rings (SSSR count). The Kier molecular flexibility index (Phi) is 3.78. The van der Waals surface area contributed by atoms with E-state index in [2.05, 4.69) is 20.2 Å². The molecule has 0 aliphatic carbocycles. The van der Waals surface area contributed by atoms with Crippen LogP contribution in [-0.2, 0) is 5.75 Å². The molecule has 0 fully saturated rings. The van der Waals surface area contributed by atoms with Gasteiger partial charge in [0.25, 0.3) is 0 Å². The van der Waals surface area contributed by atoms with E-state index in [0.717, 1.165) is 27.7 Å². The van der Waals surface area contributed by atoms with Crippen molar-refractivity contribution >= 4 is 33.8 Å². The molecule has 0 unspecified atom stereocenters. The van der Waals surface area contributed by atoms with Gasteiger partial charge in [0.2, 0.25) is 5.16 Å². The predicted octanol–water partition coefficient (Wildman–Crippen LogP) is 3.95. The second-order valence-corrected chi connectivity index (χ2v) is 6.19. The largest absolute Gasteiger partial charge is 0.497 e. The number of methoxy groups -OCH3 is 1. The monoisotopic (exact) mass is 340 g/mol. The first-order valence-corrected chi connectivity index (χ1v) is 8.29. The van der Waals surface area contributed by atoms with Crippen LogP contribution in [0.4, 0.5) is 4.39 Å². The van der Waals surface area contributed by atoms with E-state index in [1.807, 2.05) is 18.2 Å². The zero-order valence-corrected chi connectivity index (χ0v) is 13.6. The van der Waals surface area contributed by atoms with Crippen molar-refractivity contribution in [3.05, 3.63) is 53.8 Å². The van der Waals surface area contributed by atoms with Crippen LogP contribution in [-0.4, -0.2) is 27.3 Å². The highest BCUT2D eigenvalue weighted by atomic mass is 32.2. The number of nitrogens with zero attached hydrogens (tertiary/aromatic N) is 3. The molecular weight excluding hydrogens is 327 g/mol. The minimum atomic E-state index is -0.239. The van der Waals surface area contributed by atoms with Crippen LogP contribution in [0.3, 0.4) is 0 Å². The molecule has 0 saturated heterocycles. The normalized spacial score (nSPS) is 11.2. The number of aromatic nitrogens is 4. The van der Waals surface area contributed by atoms with E-state index in [1.54, 1.807) is 19.2 Å². The first-order chi connectivity index (χ1) is 11.7. The summed E-state index contributed by atoms with van der Waals surface area (Å²) in [5.74, 6) is 1.18. The van der Waals surface area contributed by atoms with Gasteiger partial charge in [-0.25, -0.2) is 9.37 Å². The minimum absolute atomic E-state index is 0.239. The Bertz CT molecular complexity index is 1020. The van der Waals surface area contributed by atoms with Gasteiger partial charge in [-0.1, -0.05) is 23.9 Å². The molecule has 0 atom stereocenters. The first kappa shape index (κ1) is 14.9. The van der Waals surface area contributed by atoms with Crippen LogP contribution in [0.5, 0.6) is 5.75 Å². The summed E-state index contributed by atoms with van der Waals surface area (Å²) in [5.41, 5.74) is 3.35. The topological polar surface area (TPSA) is 63.7 Å². The molecule has 0 radical (unpaired) electrons. The van der Waals surface area contributed by atoms with Gasteiger partial charge in [-0.15, -0.1) is 10.2 Å². The van der Waals surface area contributed by atoms with Gasteiger partial charge in [0.1, 0.15) is 17.1 Å². The van der Waals surface area contributed by atoms with E-state index in [1.165, 1.54) is 23.9 Å². The van der Waals surface area contributed by atoms with Crippen LogP contribution in [0.2, 0.25) is 0 Å². The second-order valence-electron chi connectivity index (χ2n) is 5.24. The maximum atomic E-state index is 12.9. The molecule has 0 aliphatic heterocycles. The number of benzene rings is 2. The fraction of sp³-hybridized carbons (Fsp3) is 0.118. The van der Waals surface area contributed by atoms with Crippen LogP contribution in [0.15, 0.2) is 47.6 Å². The van der Waals surface area contributed by atoms with Gasteiger partial charge in [-0.05, 0) is 35.9 Å². The molecule has 1 N–H and O–H groups in total. The zero-order valence-electron chi connectivity index (χ0n) is 12.8. The molecule has 4 aromatic rings. The van der Waals surface area contributed by atoms with Crippen LogP contribution in [0, 0.1) is 5.82 Å². The van der Waals surface area contributed by atoms with Gasteiger partial charge in [-0.3, -0.25) is 0 Å². The standard InChI is InChI=1S/C17H13FN4OS/c1-23-12-6-7-14-13(8-12)15-16(19-14)20-17(22-21-15)24-9-10-2-4-11(18)5-3-10/h2-8H,9H2,1H3,(H,19,20,22). The Morgan fingerprint density at radius 3 is 2.75 bits per heavy atom. The lowest BCUT2D eigenvalue weighted by Crippen LogP contribution is -1.92. The van der Waals surface area contributed by atoms with Crippen molar-refractivity contribution < 1.29 is 9.13 Å². The van der Waals surface area contributed by atoms with Crippen molar-refractivity contribution in [2.24, 2.45) is 0 Å². The number of fused-ring (bicyclic) bond motifs is 3. The van der Waals surface area contributed by atoms with E-state index < -0.39 is 0 Å². The Morgan fingerprint density at radius 1 is 1.12 bits per heavy atom. The SMILES string of the molecule is COc1ccc2[nH]c3nc(SCc4ccc(F)cc4)nnc3c2c1. The number of H-pyrrole nitrogens is 1. The average Bonchev–Trinajstić information content (AvgIpc) is 2.98. The fourth-order valence-electron chi connectivity index (χ4n) is 2.45. The van der Waals surface area contributed by atoms with E-state index in [-0.39, 0.29) is 5.82 Å². The Balaban J connectivity index is 1.63. The Labute approximate surface area is 141 Å². The van der Waals surface area contributed by atoms with Gasteiger partial charge in [0.15, 0.2) is 5.65 Å². The molecule has 24 heavy (non-hydrogen) atoms. The number of thioether (sulfide) groups is 1. The third-order valence-electron chi connectivity index (χ3n) is 3.68. The summed E-state index contributed by atoms with van der Waals surface area (Å²) in [4.78, 5) is 7.76. The van der Waals surface area contributed by atoms with E-state index in [4.69, 9.17) is 4.74 Å². The zero-order chi connectivity index (χ0) is 16.5. The summed E-state index contributed by atoms with van der Waals surface area (Å²) in [7, 11) is 1.63. The van der Waals surface area contributed by atoms with Crippen LogP contribution < -0.4 is 4.74 Å². The van der Waals surface area contributed by atoms with Crippen LogP contribution >= 0.6 is 11.8 Å². The van der Waals surface area contributed by atoms with Gasteiger partial charge < -0.3 is 9.72 Å². The van der Waals surface area contributed by atoms with Crippen molar-refractivity contribution in [3.8, 4) is 5.75 Å². The molecule has 0 aliphatic rings. The van der Waals surface area contributed by atoms with E-state index >= 15 is 0 Å². The summed E-state index contributed by atoms with van der Waals surface area (Å²) in [5, 5.41) is 9.98. The highest BCUT2D eigenvalue weighted by molar-refractivity contribution is 7.98. The van der Waals surface area contributed by atoms with Gasteiger partial charge in [0, 0.05) is 16.7 Å². The minimum Gasteiger partial charge on any atom is -0.497 e. The summed E-state index contributed by atoms with van der Waals surface area (Å²) in [6.45, 7) is 0. The average molecular weight is 340 g/mol. The number of hydrogen-bond acceptors (Lipinski definition) is 5.